The highest BCUT2D eigenvalue weighted by molar-refractivity contribution is 5.92. The summed E-state index contributed by atoms with van der Waals surface area (Å²) >= 11 is 0. The van der Waals surface area contributed by atoms with Crippen LogP contribution in [-0.4, -0.2) is 40.3 Å². The number of nitrogens with one attached hydrogen (secondary N) is 1. The van der Waals surface area contributed by atoms with E-state index in [-0.39, 0.29) is 17.9 Å². The molecule has 212 valence electrons. The highest BCUT2D eigenvalue weighted by Crippen LogP contribution is 2.38. The largest absolute Gasteiger partial charge is 0.389 e. The third-order valence-corrected chi connectivity index (χ3v) is 8.18. The fourth-order valence-electron chi connectivity index (χ4n) is 6.12. The van der Waals surface area contributed by atoms with Gasteiger partial charge in [0.1, 0.15) is 0 Å². The van der Waals surface area contributed by atoms with Crippen LogP contribution in [0.15, 0.2) is 65.6 Å². The van der Waals surface area contributed by atoms with Gasteiger partial charge < -0.3 is 14.5 Å². The van der Waals surface area contributed by atoms with E-state index in [0.717, 1.165) is 48.3 Å². The summed E-state index contributed by atoms with van der Waals surface area (Å²) in [4.78, 5) is 18.8. The van der Waals surface area contributed by atoms with Crippen LogP contribution >= 0.6 is 0 Å². The van der Waals surface area contributed by atoms with Gasteiger partial charge >= 0.3 is 6.18 Å². The van der Waals surface area contributed by atoms with Crippen molar-refractivity contribution in [2.24, 2.45) is 0 Å². The van der Waals surface area contributed by atoms with Crippen molar-refractivity contribution in [1.29, 1.82) is 0 Å². The second kappa shape index (κ2) is 11.7. The van der Waals surface area contributed by atoms with Gasteiger partial charge in [-0.05, 0) is 92.5 Å². The molecule has 5 rings (SSSR count). The van der Waals surface area contributed by atoms with E-state index in [0.29, 0.717) is 24.6 Å². The lowest BCUT2D eigenvalue weighted by atomic mass is 9.87. The van der Waals surface area contributed by atoms with Crippen molar-refractivity contribution in [3.05, 3.63) is 93.4 Å². The van der Waals surface area contributed by atoms with Crippen molar-refractivity contribution in [2.75, 3.05) is 19.6 Å². The van der Waals surface area contributed by atoms with Crippen LogP contribution in [-0.2, 0) is 6.54 Å². The molecule has 4 nitrogen and oxygen atoms in total. The van der Waals surface area contributed by atoms with Crippen molar-refractivity contribution in [3.63, 3.8) is 0 Å². The number of alkyl halides is 3. The molecule has 0 radical (unpaired) electrons. The number of halogens is 3. The molecule has 1 N–H and O–H groups in total. The van der Waals surface area contributed by atoms with Gasteiger partial charge in [0, 0.05) is 34.6 Å². The maximum atomic E-state index is 13.0. The van der Waals surface area contributed by atoms with E-state index in [1.165, 1.54) is 16.5 Å². The van der Waals surface area contributed by atoms with Gasteiger partial charge in [0.05, 0.1) is 12.2 Å². The standard InChI is InChI=1S/C33H38F3N3O/c1-22(2)30-28-19-26(25-12-16-38(17-13-25)15-7-14-33(34,35)36)10-11-29(28)37-31(30)27-18-23(3)32(40)39(21-27)20-24-8-5-4-6-9-24/h4-6,8-11,18-19,21-22,25,37H,7,12-17,20H2,1-3H3. The highest BCUT2D eigenvalue weighted by atomic mass is 19.4. The van der Waals surface area contributed by atoms with Crippen LogP contribution in [0.1, 0.15) is 73.6 Å². The van der Waals surface area contributed by atoms with Gasteiger partial charge in [0.25, 0.3) is 5.56 Å². The summed E-state index contributed by atoms with van der Waals surface area (Å²) in [5.74, 6) is 0.668. The minimum atomic E-state index is -4.07. The van der Waals surface area contributed by atoms with Crippen LogP contribution in [0.4, 0.5) is 13.2 Å². The van der Waals surface area contributed by atoms with Gasteiger partial charge in [-0.15, -0.1) is 0 Å². The topological polar surface area (TPSA) is 41.0 Å². The average molecular weight is 550 g/mol. The molecule has 3 heterocycles. The molecule has 1 aliphatic rings. The molecule has 0 spiro atoms. The number of benzene rings is 2. The molecule has 0 aliphatic carbocycles. The molecule has 1 saturated heterocycles. The number of nitrogens with zero attached hydrogens (tertiary/aromatic N) is 2. The fourth-order valence-corrected chi connectivity index (χ4v) is 6.12. The molecule has 40 heavy (non-hydrogen) atoms. The van der Waals surface area contributed by atoms with E-state index in [9.17, 15) is 18.0 Å². The van der Waals surface area contributed by atoms with E-state index < -0.39 is 12.6 Å². The maximum absolute atomic E-state index is 13.0. The number of piperidine rings is 1. The third kappa shape index (κ3) is 6.35. The zero-order valence-electron chi connectivity index (χ0n) is 23.5. The van der Waals surface area contributed by atoms with Gasteiger partial charge in [0.2, 0.25) is 0 Å². The zero-order chi connectivity index (χ0) is 28.4. The fraction of sp³-hybridized carbons (Fsp3) is 0.424. The SMILES string of the molecule is Cc1cc(-c2[nH]c3ccc(C4CCN(CCCC(F)(F)F)CC4)cc3c2C(C)C)cn(Cc2ccccc2)c1=O. The monoisotopic (exact) mass is 549 g/mol. The molecule has 0 saturated carbocycles. The lowest BCUT2D eigenvalue weighted by Crippen LogP contribution is -2.34. The summed E-state index contributed by atoms with van der Waals surface area (Å²) in [5.41, 5.74) is 7.47. The predicted octanol–water partition coefficient (Wildman–Crippen LogP) is 8.00. The molecule has 2 aromatic heterocycles. The normalized spacial score (nSPS) is 15.4. The van der Waals surface area contributed by atoms with Crippen LogP contribution in [0.25, 0.3) is 22.2 Å². The van der Waals surface area contributed by atoms with Gasteiger partial charge in [-0.25, -0.2) is 0 Å². The van der Waals surface area contributed by atoms with Crippen LogP contribution in [0.3, 0.4) is 0 Å². The van der Waals surface area contributed by atoms with Gasteiger partial charge in [-0.2, -0.15) is 13.2 Å². The number of likely N-dealkylation sites (tertiary alicyclic amines) is 1. The number of fused-ring (bicyclic) bond motifs is 1. The first-order valence-electron chi connectivity index (χ1n) is 14.3. The lowest BCUT2D eigenvalue weighted by Gasteiger charge is -2.32. The second-order valence-electron chi connectivity index (χ2n) is 11.5. The summed E-state index contributed by atoms with van der Waals surface area (Å²) < 4.78 is 39.4. The first kappa shape index (κ1) is 28.2. The second-order valence-corrected chi connectivity index (χ2v) is 11.5. The Bertz CT molecular complexity index is 1510. The zero-order valence-corrected chi connectivity index (χ0v) is 23.5. The smallest absolute Gasteiger partial charge is 0.354 e. The number of aromatic nitrogens is 2. The number of hydrogen-bond acceptors (Lipinski definition) is 2. The molecule has 0 atom stereocenters. The van der Waals surface area contributed by atoms with E-state index in [1.54, 1.807) is 4.57 Å². The van der Waals surface area contributed by atoms with Crippen LogP contribution in [0.2, 0.25) is 0 Å². The maximum Gasteiger partial charge on any atom is 0.389 e. The lowest BCUT2D eigenvalue weighted by molar-refractivity contribution is -0.136. The summed E-state index contributed by atoms with van der Waals surface area (Å²) in [6, 6.07) is 18.7. The van der Waals surface area contributed by atoms with Crippen LogP contribution < -0.4 is 5.56 Å². The minimum Gasteiger partial charge on any atom is -0.354 e. The van der Waals surface area contributed by atoms with E-state index in [4.69, 9.17) is 0 Å². The number of aryl methyl sites for hydroxylation is 1. The van der Waals surface area contributed by atoms with Crippen molar-refractivity contribution in [1.82, 2.24) is 14.5 Å². The Morgan fingerprint density at radius 3 is 2.42 bits per heavy atom. The van der Waals surface area contributed by atoms with Crippen LogP contribution in [0, 0.1) is 6.92 Å². The Kier molecular flexibility index (Phi) is 8.22. The molecule has 7 heteroatoms. The number of rotatable bonds is 8. The Morgan fingerprint density at radius 2 is 1.75 bits per heavy atom. The van der Waals surface area contributed by atoms with E-state index in [2.05, 4.69) is 41.9 Å². The first-order valence-corrected chi connectivity index (χ1v) is 14.3. The van der Waals surface area contributed by atoms with E-state index in [1.807, 2.05) is 49.5 Å². The minimum absolute atomic E-state index is 0.0156. The molecule has 1 aliphatic heterocycles. The third-order valence-electron chi connectivity index (χ3n) is 8.18. The Labute approximate surface area is 233 Å². The van der Waals surface area contributed by atoms with Crippen molar-refractivity contribution < 1.29 is 13.2 Å². The van der Waals surface area contributed by atoms with Crippen molar-refractivity contribution >= 4 is 10.9 Å². The number of H-pyrrole nitrogens is 1. The molecular formula is C33H38F3N3O. The average Bonchev–Trinajstić information content (AvgIpc) is 3.31. The Morgan fingerprint density at radius 1 is 1.02 bits per heavy atom. The van der Waals surface area contributed by atoms with E-state index >= 15 is 0 Å². The number of pyridine rings is 1. The predicted molar refractivity (Wildman–Crippen MR) is 156 cm³/mol. The number of hydrogen-bond donors (Lipinski definition) is 1. The Hall–Kier alpha value is -3.32. The number of aromatic amines is 1. The molecule has 1 fully saturated rings. The van der Waals surface area contributed by atoms with Gasteiger partial charge in [-0.1, -0.05) is 50.2 Å². The van der Waals surface area contributed by atoms with Crippen LogP contribution in [0.5, 0.6) is 0 Å². The quantitative estimate of drug-likeness (QED) is 0.242. The highest BCUT2D eigenvalue weighted by Gasteiger charge is 2.28. The first-order chi connectivity index (χ1) is 19.1. The molecule has 0 unspecified atom stereocenters. The molecule has 2 aromatic carbocycles. The van der Waals surface area contributed by atoms with Gasteiger partial charge in [0.15, 0.2) is 0 Å². The van der Waals surface area contributed by atoms with Gasteiger partial charge in [-0.3, -0.25) is 4.79 Å². The van der Waals surface area contributed by atoms with Crippen molar-refractivity contribution in [3.8, 4) is 11.3 Å². The molecule has 0 bridgehead atoms. The van der Waals surface area contributed by atoms with Crippen molar-refractivity contribution in [2.45, 2.75) is 71.0 Å². The molecular weight excluding hydrogens is 511 g/mol. The molecule has 0 amide bonds. The Balaban J connectivity index is 1.41. The summed E-state index contributed by atoms with van der Waals surface area (Å²) in [7, 11) is 0. The summed E-state index contributed by atoms with van der Waals surface area (Å²) in [5, 5.41) is 1.20. The summed E-state index contributed by atoms with van der Waals surface area (Å²) in [6.45, 7) is 8.96. The molecule has 4 aromatic rings. The summed E-state index contributed by atoms with van der Waals surface area (Å²) in [6.07, 6.45) is -0.739.